The van der Waals surface area contributed by atoms with E-state index in [4.69, 9.17) is 5.11 Å². The summed E-state index contributed by atoms with van der Waals surface area (Å²) >= 11 is 0. The van der Waals surface area contributed by atoms with Crippen LogP contribution in [0.25, 0.3) is 0 Å². The Morgan fingerprint density at radius 1 is 1.15 bits per heavy atom. The highest BCUT2D eigenvalue weighted by Gasteiger charge is 2.61. The van der Waals surface area contributed by atoms with Crippen LogP contribution in [0.2, 0.25) is 0 Å². The van der Waals surface area contributed by atoms with Gasteiger partial charge in [-0.15, -0.1) is 0 Å². The fraction of sp³-hybridized carbons (Fsp3) is 0.826. The van der Waals surface area contributed by atoms with E-state index in [1.165, 1.54) is 5.57 Å². The molecule has 4 fully saturated rings. The molecule has 2 N–H and O–H groups in total. The molecule has 4 saturated carbocycles. The van der Waals surface area contributed by atoms with Crippen LogP contribution in [0, 0.1) is 34.5 Å². The zero-order chi connectivity index (χ0) is 19.4. The van der Waals surface area contributed by atoms with Crippen molar-refractivity contribution >= 4 is 11.8 Å². The van der Waals surface area contributed by atoms with Gasteiger partial charge in [-0.05, 0) is 80.5 Å². The number of allylic oxidation sites excluding steroid dienone is 2. The normalized spacial score (nSPS) is 48.0. The van der Waals surface area contributed by atoms with Gasteiger partial charge in [0.25, 0.3) is 0 Å². The number of Topliss-reactive ketones (excluding diaryl/α,β-unsaturated/α-hetero) is 1. The van der Waals surface area contributed by atoms with Crippen molar-refractivity contribution in [2.45, 2.75) is 84.2 Å². The predicted molar refractivity (Wildman–Crippen MR) is 103 cm³/mol. The smallest absolute Gasteiger partial charge is 0.303 e. The first-order valence-corrected chi connectivity index (χ1v) is 10.9. The van der Waals surface area contributed by atoms with E-state index in [1.807, 2.05) is 0 Å². The van der Waals surface area contributed by atoms with Gasteiger partial charge in [0.05, 0.1) is 6.10 Å². The molecule has 0 radical (unpaired) electrons. The summed E-state index contributed by atoms with van der Waals surface area (Å²) in [5.74, 6) is 1.57. The molecule has 4 rings (SSSR count). The zero-order valence-electron chi connectivity index (χ0n) is 16.7. The van der Waals surface area contributed by atoms with Gasteiger partial charge in [-0.3, -0.25) is 9.59 Å². The van der Waals surface area contributed by atoms with Gasteiger partial charge in [0, 0.05) is 18.3 Å². The van der Waals surface area contributed by atoms with Crippen molar-refractivity contribution in [3.63, 3.8) is 0 Å². The van der Waals surface area contributed by atoms with E-state index in [0.29, 0.717) is 30.0 Å². The second-order valence-corrected chi connectivity index (χ2v) is 10.2. The lowest BCUT2D eigenvalue weighted by molar-refractivity contribution is -0.155. The monoisotopic (exact) mass is 374 g/mol. The molecule has 27 heavy (non-hydrogen) atoms. The van der Waals surface area contributed by atoms with Crippen molar-refractivity contribution in [2.75, 3.05) is 0 Å². The molecule has 0 aromatic rings. The fourth-order valence-corrected chi connectivity index (χ4v) is 7.50. The van der Waals surface area contributed by atoms with Gasteiger partial charge in [-0.2, -0.15) is 0 Å². The second-order valence-electron chi connectivity index (χ2n) is 10.2. The quantitative estimate of drug-likeness (QED) is 0.720. The third kappa shape index (κ3) is 2.99. The summed E-state index contributed by atoms with van der Waals surface area (Å²) in [5, 5.41) is 20.0. The zero-order valence-corrected chi connectivity index (χ0v) is 16.7. The van der Waals surface area contributed by atoms with Crippen molar-refractivity contribution in [3.05, 3.63) is 11.6 Å². The number of carboxylic acids is 1. The SMILES string of the molecule is C[C@]12CC/C(=C/CCC(=O)O)C[C@@H]1[C@H](O)C[C@@H]1[C@@H]2CC[C@]2(C)C(=O)CC[C@@H]12. The van der Waals surface area contributed by atoms with Crippen LogP contribution in [0.5, 0.6) is 0 Å². The summed E-state index contributed by atoms with van der Waals surface area (Å²) in [6.45, 7) is 4.58. The highest BCUT2D eigenvalue weighted by atomic mass is 16.4. The van der Waals surface area contributed by atoms with Crippen molar-refractivity contribution < 1.29 is 19.8 Å². The maximum Gasteiger partial charge on any atom is 0.303 e. The molecule has 7 atom stereocenters. The van der Waals surface area contributed by atoms with Crippen LogP contribution in [0.1, 0.15) is 78.1 Å². The molecule has 0 bridgehead atoms. The molecule has 4 nitrogen and oxygen atoms in total. The molecule has 4 aliphatic carbocycles. The number of carboxylic acid groups (broad SMARTS) is 1. The van der Waals surface area contributed by atoms with E-state index in [2.05, 4.69) is 19.9 Å². The van der Waals surface area contributed by atoms with Crippen LogP contribution in [-0.4, -0.2) is 28.1 Å². The summed E-state index contributed by atoms with van der Waals surface area (Å²) < 4.78 is 0. The molecule has 0 amide bonds. The van der Waals surface area contributed by atoms with Crippen LogP contribution in [0.4, 0.5) is 0 Å². The van der Waals surface area contributed by atoms with E-state index < -0.39 is 5.97 Å². The Balaban J connectivity index is 1.54. The van der Waals surface area contributed by atoms with Gasteiger partial charge in [0.15, 0.2) is 0 Å². The first kappa shape index (κ1) is 19.2. The number of ketones is 1. The van der Waals surface area contributed by atoms with Crippen molar-refractivity contribution in [1.29, 1.82) is 0 Å². The van der Waals surface area contributed by atoms with Gasteiger partial charge < -0.3 is 10.2 Å². The van der Waals surface area contributed by atoms with Gasteiger partial charge in [0.2, 0.25) is 0 Å². The van der Waals surface area contributed by atoms with Crippen molar-refractivity contribution in [2.24, 2.45) is 34.5 Å². The van der Waals surface area contributed by atoms with E-state index in [0.717, 1.165) is 51.4 Å². The van der Waals surface area contributed by atoms with Crippen molar-refractivity contribution in [1.82, 2.24) is 0 Å². The van der Waals surface area contributed by atoms with E-state index in [-0.39, 0.29) is 29.3 Å². The van der Waals surface area contributed by atoms with E-state index in [1.54, 1.807) is 0 Å². The maximum atomic E-state index is 12.5. The minimum atomic E-state index is -0.746. The molecule has 0 saturated heterocycles. The summed E-state index contributed by atoms with van der Waals surface area (Å²) in [6.07, 6.45) is 10.4. The minimum absolute atomic E-state index is 0.138. The van der Waals surface area contributed by atoms with Crippen LogP contribution in [0.3, 0.4) is 0 Å². The molecular formula is C23H34O4. The number of carbonyl (C=O) groups is 2. The van der Waals surface area contributed by atoms with E-state index in [9.17, 15) is 14.7 Å². The molecule has 0 aromatic heterocycles. The molecule has 0 spiro atoms. The molecule has 0 aliphatic heterocycles. The summed E-state index contributed by atoms with van der Waals surface area (Å²) in [6, 6.07) is 0. The number of rotatable bonds is 3. The minimum Gasteiger partial charge on any atom is -0.481 e. The lowest BCUT2D eigenvalue weighted by atomic mass is 9.44. The Labute approximate surface area is 162 Å². The first-order valence-electron chi connectivity index (χ1n) is 10.9. The lowest BCUT2D eigenvalue weighted by Crippen LogP contribution is -2.57. The van der Waals surface area contributed by atoms with Gasteiger partial charge in [0.1, 0.15) is 5.78 Å². The number of hydrogen-bond donors (Lipinski definition) is 2. The van der Waals surface area contributed by atoms with Crippen molar-refractivity contribution in [3.8, 4) is 0 Å². The predicted octanol–water partition coefficient (Wildman–Crippen LogP) is 4.36. The van der Waals surface area contributed by atoms with Crippen LogP contribution in [-0.2, 0) is 9.59 Å². The van der Waals surface area contributed by atoms with E-state index >= 15 is 0 Å². The Kier molecular flexibility index (Phi) is 4.77. The summed E-state index contributed by atoms with van der Waals surface area (Å²) in [5.41, 5.74) is 1.35. The Hall–Kier alpha value is -1.16. The van der Waals surface area contributed by atoms with Crippen LogP contribution < -0.4 is 0 Å². The van der Waals surface area contributed by atoms with Crippen LogP contribution >= 0.6 is 0 Å². The number of aliphatic hydroxyl groups is 1. The van der Waals surface area contributed by atoms with Gasteiger partial charge in [-0.25, -0.2) is 0 Å². The second kappa shape index (κ2) is 6.72. The maximum absolute atomic E-state index is 12.5. The largest absolute Gasteiger partial charge is 0.481 e. The fourth-order valence-electron chi connectivity index (χ4n) is 7.50. The standard InChI is InChI=1S/C23H34O4/c1-22-10-8-14(4-3-5-21(26)27)12-18(22)19(24)13-15-16-6-7-20(25)23(16,2)11-9-17(15)22/h4,15-19,24H,3,5-13H2,1-2H3,(H,26,27)/b14-4-/t15-,16-,17-,18+,19+,22+,23-/m0/s1. The lowest BCUT2D eigenvalue weighted by Gasteiger charge is -2.61. The number of carbonyl (C=O) groups excluding carboxylic acids is 1. The summed E-state index contributed by atoms with van der Waals surface area (Å²) in [7, 11) is 0. The number of fused-ring (bicyclic) bond motifs is 5. The number of aliphatic carboxylic acids is 1. The average Bonchev–Trinajstić information content (AvgIpc) is 2.91. The Morgan fingerprint density at radius 2 is 1.93 bits per heavy atom. The third-order valence-corrected chi connectivity index (χ3v) is 9.08. The topological polar surface area (TPSA) is 74.6 Å². The molecule has 0 unspecified atom stereocenters. The Bertz CT molecular complexity index is 667. The number of aliphatic hydroxyl groups excluding tert-OH is 1. The molecular weight excluding hydrogens is 340 g/mol. The third-order valence-electron chi connectivity index (χ3n) is 9.08. The Morgan fingerprint density at radius 3 is 2.67 bits per heavy atom. The van der Waals surface area contributed by atoms with Gasteiger partial charge in [-0.1, -0.05) is 25.5 Å². The summed E-state index contributed by atoms with van der Waals surface area (Å²) in [4.78, 5) is 23.3. The number of hydrogen-bond acceptors (Lipinski definition) is 3. The first-order chi connectivity index (χ1) is 12.8. The van der Waals surface area contributed by atoms with Gasteiger partial charge >= 0.3 is 5.97 Å². The highest BCUT2D eigenvalue weighted by molar-refractivity contribution is 5.87. The molecule has 0 aromatic carbocycles. The molecule has 4 heteroatoms. The molecule has 4 aliphatic rings. The average molecular weight is 375 g/mol. The molecule has 0 heterocycles. The molecule has 150 valence electrons. The van der Waals surface area contributed by atoms with Crippen LogP contribution in [0.15, 0.2) is 11.6 Å². The highest BCUT2D eigenvalue weighted by Crippen LogP contribution is 2.65.